The number of hydrogen-bond donors (Lipinski definition) is 1. The van der Waals surface area contributed by atoms with Crippen LogP contribution in [0.2, 0.25) is 0 Å². The van der Waals surface area contributed by atoms with Crippen LogP contribution in [0.3, 0.4) is 0 Å². The molecular formula is C20H17NO3. The molecule has 1 aliphatic heterocycles. The van der Waals surface area contributed by atoms with E-state index in [2.05, 4.69) is 6.58 Å². The van der Waals surface area contributed by atoms with E-state index in [0.29, 0.717) is 6.54 Å². The van der Waals surface area contributed by atoms with Crippen molar-refractivity contribution in [3.05, 3.63) is 77.4 Å². The lowest BCUT2D eigenvalue weighted by molar-refractivity contribution is -0.136. The lowest BCUT2D eigenvalue weighted by Gasteiger charge is -2.24. The average Bonchev–Trinajstić information content (AvgIpc) is 2.72. The van der Waals surface area contributed by atoms with Crippen molar-refractivity contribution in [3.63, 3.8) is 0 Å². The summed E-state index contributed by atoms with van der Waals surface area (Å²) in [4.78, 5) is 25.8. The average molecular weight is 319 g/mol. The van der Waals surface area contributed by atoms with Gasteiger partial charge in [-0.2, -0.15) is 0 Å². The van der Waals surface area contributed by atoms with Gasteiger partial charge in [0.15, 0.2) is 0 Å². The van der Waals surface area contributed by atoms with Crippen LogP contribution in [0.5, 0.6) is 0 Å². The fraction of sp³-hybridized carbons (Fsp3) is 0.100. The Morgan fingerprint density at radius 1 is 1.17 bits per heavy atom. The smallest absolute Gasteiger partial charge is 0.308 e. The summed E-state index contributed by atoms with van der Waals surface area (Å²) in [5.41, 5.74) is 3.68. The molecule has 0 atom stereocenters. The van der Waals surface area contributed by atoms with Crippen molar-refractivity contribution in [3.8, 4) is 0 Å². The van der Waals surface area contributed by atoms with Gasteiger partial charge in [0.2, 0.25) is 0 Å². The van der Waals surface area contributed by atoms with Gasteiger partial charge in [-0.1, -0.05) is 55.1 Å². The van der Waals surface area contributed by atoms with Gasteiger partial charge in [-0.3, -0.25) is 9.59 Å². The Morgan fingerprint density at radius 2 is 1.88 bits per heavy atom. The maximum absolute atomic E-state index is 13.0. The van der Waals surface area contributed by atoms with Gasteiger partial charge < -0.3 is 10.0 Å². The number of hydrogen-bond acceptors (Lipinski definition) is 2. The summed E-state index contributed by atoms with van der Waals surface area (Å²) in [6.07, 6.45) is 3.07. The van der Waals surface area contributed by atoms with Crippen LogP contribution in [0.4, 0.5) is 5.69 Å². The molecule has 0 unspecified atom stereocenters. The van der Waals surface area contributed by atoms with E-state index in [1.165, 1.54) is 0 Å². The Hall–Kier alpha value is -3.14. The number of carbonyl (C=O) groups excluding carboxylic acids is 1. The van der Waals surface area contributed by atoms with Gasteiger partial charge in [-0.05, 0) is 28.8 Å². The maximum Gasteiger partial charge on any atom is 0.308 e. The second-order valence-electron chi connectivity index (χ2n) is 5.59. The second-order valence-corrected chi connectivity index (χ2v) is 5.59. The molecule has 0 saturated carbocycles. The monoisotopic (exact) mass is 319 g/mol. The van der Waals surface area contributed by atoms with E-state index in [1.807, 2.05) is 48.5 Å². The number of benzene rings is 2. The molecule has 4 heteroatoms. The van der Waals surface area contributed by atoms with Crippen LogP contribution < -0.4 is 4.90 Å². The molecule has 1 N–H and O–H groups in total. The molecule has 0 radical (unpaired) electrons. The number of carboxylic acid groups (broad SMARTS) is 1. The number of carbonyl (C=O) groups is 2. The first-order valence-corrected chi connectivity index (χ1v) is 7.63. The number of aliphatic carboxylic acids is 1. The highest BCUT2D eigenvalue weighted by Gasteiger charge is 2.26. The van der Waals surface area contributed by atoms with Crippen molar-refractivity contribution < 1.29 is 14.7 Å². The summed E-state index contributed by atoms with van der Waals surface area (Å²) in [6.45, 7) is 4.19. The van der Waals surface area contributed by atoms with Crippen molar-refractivity contribution >= 4 is 29.7 Å². The van der Waals surface area contributed by atoms with Crippen LogP contribution in [0.1, 0.15) is 23.1 Å². The summed E-state index contributed by atoms with van der Waals surface area (Å²) in [5, 5.41) is 9.15. The lowest BCUT2D eigenvalue weighted by atomic mass is 10.0. The van der Waals surface area contributed by atoms with Gasteiger partial charge >= 0.3 is 5.97 Å². The topological polar surface area (TPSA) is 57.6 Å². The second kappa shape index (κ2) is 6.54. The number of carboxylic acids is 1. The van der Waals surface area contributed by atoms with Gasteiger partial charge in [0.25, 0.3) is 5.91 Å². The number of fused-ring (bicyclic) bond motifs is 1. The van der Waals surface area contributed by atoms with Crippen LogP contribution >= 0.6 is 0 Å². The van der Waals surface area contributed by atoms with Crippen molar-refractivity contribution in [1.29, 1.82) is 0 Å². The van der Waals surface area contributed by atoms with E-state index in [-0.39, 0.29) is 17.9 Å². The van der Waals surface area contributed by atoms with Crippen molar-refractivity contribution in [1.82, 2.24) is 0 Å². The third-order valence-electron chi connectivity index (χ3n) is 4.02. The molecule has 1 heterocycles. The molecule has 0 aliphatic carbocycles. The molecule has 2 aromatic rings. The molecule has 3 rings (SSSR count). The van der Waals surface area contributed by atoms with Gasteiger partial charge in [0, 0.05) is 5.57 Å². The largest absolute Gasteiger partial charge is 0.481 e. The Bertz CT molecular complexity index is 851. The first kappa shape index (κ1) is 15.7. The summed E-state index contributed by atoms with van der Waals surface area (Å²) in [7, 11) is 0. The third kappa shape index (κ3) is 2.99. The Balaban J connectivity index is 2.14. The SMILES string of the molecule is C=Cc1ccccc1N1Cc2ccccc2C=C(CC(=O)O)C1=O. The first-order chi connectivity index (χ1) is 11.6. The quantitative estimate of drug-likeness (QED) is 0.934. The van der Waals surface area contributed by atoms with Gasteiger partial charge in [0.05, 0.1) is 18.7 Å². The van der Waals surface area contributed by atoms with E-state index in [4.69, 9.17) is 5.11 Å². The van der Waals surface area contributed by atoms with Gasteiger partial charge in [-0.25, -0.2) is 0 Å². The highest BCUT2D eigenvalue weighted by molar-refractivity contribution is 6.12. The summed E-state index contributed by atoms with van der Waals surface area (Å²) < 4.78 is 0. The predicted octanol–water partition coefficient (Wildman–Crippen LogP) is 3.73. The fourth-order valence-electron chi connectivity index (χ4n) is 2.87. The molecule has 4 nitrogen and oxygen atoms in total. The third-order valence-corrected chi connectivity index (χ3v) is 4.02. The number of nitrogens with zero attached hydrogens (tertiary/aromatic N) is 1. The van der Waals surface area contributed by atoms with Crippen LogP contribution in [0.25, 0.3) is 12.2 Å². The van der Waals surface area contributed by atoms with E-state index in [9.17, 15) is 9.59 Å². The minimum absolute atomic E-state index is 0.270. The minimum atomic E-state index is -1.02. The fourth-order valence-corrected chi connectivity index (χ4v) is 2.87. The molecule has 0 spiro atoms. The van der Waals surface area contributed by atoms with E-state index >= 15 is 0 Å². The summed E-state index contributed by atoms with van der Waals surface area (Å²) in [6, 6.07) is 15.1. The molecule has 1 aliphatic rings. The molecular weight excluding hydrogens is 302 g/mol. The maximum atomic E-state index is 13.0. The van der Waals surface area contributed by atoms with Crippen LogP contribution in [0, 0.1) is 0 Å². The zero-order valence-corrected chi connectivity index (χ0v) is 13.1. The Labute approximate surface area is 140 Å². The van der Waals surface area contributed by atoms with Crippen LogP contribution in [-0.4, -0.2) is 17.0 Å². The van der Waals surface area contributed by atoms with Gasteiger partial charge in [-0.15, -0.1) is 0 Å². The highest BCUT2D eigenvalue weighted by atomic mass is 16.4. The highest BCUT2D eigenvalue weighted by Crippen LogP contribution is 2.30. The molecule has 1 amide bonds. The zero-order chi connectivity index (χ0) is 17.1. The van der Waals surface area contributed by atoms with Crippen LogP contribution in [-0.2, 0) is 16.1 Å². The molecule has 0 fully saturated rings. The van der Waals surface area contributed by atoms with Gasteiger partial charge in [0.1, 0.15) is 0 Å². The number of amides is 1. The summed E-state index contributed by atoms with van der Waals surface area (Å²) >= 11 is 0. The molecule has 0 aromatic heterocycles. The Kier molecular flexibility index (Phi) is 4.29. The van der Waals surface area contributed by atoms with Crippen molar-refractivity contribution in [2.45, 2.75) is 13.0 Å². The van der Waals surface area contributed by atoms with E-state index in [0.717, 1.165) is 22.4 Å². The number of para-hydroxylation sites is 1. The zero-order valence-electron chi connectivity index (χ0n) is 13.1. The minimum Gasteiger partial charge on any atom is -0.481 e. The standard InChI is InChI=1S/C20H17NO3/c1-2-14-7-5-6-10-18(14)21-13-16-9-4-3-8-15(16)11-17(20(21)24)12-19(22)23/h2-11H,1,12-13H2,(H,22,23). The first-order valence-electron chi connectivity index (χ1n) is 7.63. The number of rotatable bonds is 4. The van der Waals surface area contributed by atoms with Crippen molar-refractivity contribution in [2.24, 2.45) is 0 Å². The molecule has 2 aromatic carbocycles. The molecule has 24 heavy (non-hydrogen) atoms. The summed E-state index contributed by atoms with van der Waals surface area (Å²) in [5.74, 6) is -1.31. The van der Waals surface area contributed by atoms with E-state index in [1.54, 1.807) is 17.1 Å². The molecule has 120 valence electrons. The van der Waals surface area contributed by atoms with Crippen LogP contribution in [0.15, 0.2) is 60.7 Å². The molecule has 0 bridgehead atoms. The van der Waals surface area contributed by atoms with E-state index < -0.39 is 5.97 Å². The predicted molar refractivity (Wildman–Crippen MR) is 94.4 cm³/mol. The molecule has 0 saturated heterocycles. The normalized spacial score (nSPS) is 13.8. The number of anilines is 1. The van der Waals surface area contributed by atoms with Crippen molar-refractivity contribution in [2.75, 3.05) is 4.90 Å². The Morgan fingerprint density at radius 3 is 2.62 bits per heavy atom. The lowest BCUT2D eigenvalue weighted by Crippen LogP contribution is -2.31.